The summed E-state index contributed by atoms with van der Waals surface area (Å²) in [7, 11) is 0. The fourth-order valence-corrected chi connectivity index (χ4v) is 2.13. The number of anilines is 1. The average molecular weight is 236 g/mol. The normalized spacial score (nSPS) is 17.1. The molecular weight excluding hydrogens is 219 g/mol. The number of rotatable bonds is 2. The Morgan fingerprint density at radius 1 is 1.29 bits per heavy atom. The highest BCUT2D eigenvalue weighted by molar-refractivity contribution is 5.93. The molecular formula is C13H17FN2O. The van der Waals surface area contributed by atoms with Crippen LogP contribution in [0.3, 0.4) is 0 Å². The predicted octanol–water partition coefficient (Wildman–Crippen LogP) is 2.19. The van der Waals surface area contributed by atoms with Crippen LogP contribution >= 0.6 is 0 Å². The lowest BCUT2D eigenvalue weighted by molar-refractivity contribution is -0.118. The Labute approximate surface area is 100 Å². The zero-order chi connectivity index (χ0) is 12.3. The summed E-state index contributed by atoms with van der Waals surface area (Å²) in [4.78, 5) is 13.5. The number of carbonyl (C=O) groups excluding carboxylic acids is 1. The van der Waals surface area contributed by atoms with Crippen LogP contribution in [0.1, 0.15) is 31.2 Å². The molecule has 0 atom stereocenters. The number of halogens is 1. The molecule has 0 spiro atoms. The standard InChI is InChI=1S/C13H17FN2O/c14-12-8-11(6-5-10(12)9-15)16-7-3-1-2-4-13(16)17/h5-6,8H,1-4,7,9,15H2. The topological polar surface area (TPSA) is 46.3 Å². The van der Waals surface area contributed by atoms with Crippen molar-refractivity contribution in [3.8, 4) is 0 Å². The van der Waals surface area contributed by atoms with Gasteiger partial charge in [-0.1, -0.05) is 12.5 Å². The van der Waals surface area contributed by atoms with Crippen LogP contribution in [-0.2, 0) is 11.3 Å². The van der Waals surface area contributed by atoms with E-state index >= 15 is 0 Å². The quantitative estimate of drug-likeness (QED) is 0.855. The summed E-state index contributed by atoms with van der Waals surface area (Å²) in [6.07, 6.45) is 3.52. The molecule has 1 aromatic rings. The number of nitrogens with two attached hydrogens (primary N) is 1. The molecule has 0 aliphatic carbocycles. The molecule has 2 rings (SSSR count). The van der Waals surface area contributed by atoms with Crippen molar-refractivity contribution in [2.24, 2.45) is 5.73 Å². The molecule has 3 nitrogen and oxygen atoms in total. The molecule has 1 heterocycles. The first-order chi connectivity index (χ1) is 8.22. The predicted molar refractivity (Wildman–Crippen MR) is 65.1 cm³/mol. The first-order valence-corrected chi connectivity index (χ1v) is 6.01. The Kier molecular flexibility index (Phi) is 3.74. The van der Waals surface area contributed by atoms with E-state index in [4.69, 9.17) is 5.73 Å². The lowest BCUT2D eigenvalue weighted by Crippen LogP contribution is -2.30. The summed E-state index contributed by atoms with van der Waals surface area (Å²) in [5, 5.41) is 0. The number of amides is 1. The molecule has 1 aromatic carbocycles. The lowest BCUT2D eigenvalue weighted by atomic mass is 10.1. The van der Waals surface area contributed by atoms with Crippen LogP contribution in [0.15, 0.2) is 18.2 Å². The van der Waals surface area contributed by atoms with Crippen molar-refractivity contribution in [1.29, 1.82) is 0 Å². The summed E-state index contributed by atoms with van der Waals surface area (Å²) in [6.45, 7) is 0.861. The van der Waals surface area contributed by atoms with Gasteiger partial charge in [0, 0.05) is 30.8 Å². The van der Waals surface area contributed by atoms with E-state index in [1.54, 1.807) is 17.0 Å². The average Bonchev–Trinajstić information content (AvgIpc) is 2.54. The summed E-state index contributed by atoms with van der Waals surface area (Å²) >= 11 is 0. The van der Waals surface area contributed by atoms with Gasteiger partial charge in [-0.05, 0) is 25.0 Å². The van der Waals surface area contributed by atoms with Gasteiger partial charge in [-0.25, -0.2) is 4.39 Å². The van der Waals surface area contributed by atoms with E-state index < -0.39 is 0 Å². The number of nitrogens with zero attached hydrogens (tertiary/aromatic N) is 1. The van der Waals surface area contributed by atoms with Crippen molar-refractivity contribution in [3.63, 3.8) is 0 Å². The molecule has 0 unspecified atom stereocenters. The fraction of sp³-hybridized carbons (Fsp3) is 0.462. The van der Waals surface area contributed by atoms with Gasteiger partial charge in [0.05, 0.1) is 0 Å². The van der Waals surface area contributed by atoms with E-state index in [1.807, 2.05) is 0 Å². The minimum Gasteiger partial charge on any atom is -0.326 e. The van der Waals surface area contributed by atoms with Crippen LogP contribution in [0.5, 0.6) is 0 Å². The number of benzene rings is 1. The van der Waals surface area contributed by atoms with Crippen LogP contribution in [0.4, 0.5) is 10.1 Å². The lowest BCUT2D eigenvalue weighted by Gasteiger charge is -2.21. The van der Waals surface area contributed by atoms with Gasteiger partial charge in [-0.15, -0.1) is 0 Å². The fourth-order valence-electron chi connectivity index (χ4n) is 2.13. The van der Waals surface area contributed by atoms with Gasteiger partial charge in [-0.2, -0.15) is 0 Å². The smallest absolute Gasteiger partial charge is 0.226 e. The number of hydrogen-bond donors (Lipinski definition) is 1. The van der Waals surface area contributed by atoms with Crippen molar-refractivity contribution >= 4 is 11.6 Å². The maximum absolute atomic E-state index is 13.6. The van der Waals surface area contributed by atoms with Crippen molar-refractivity contribution in [2.75, 3.05) is 11.4 Å². The number of hydrogen-bond acceptors (Lipinski definition) is 2. The second-order valence-corrected chi connectivity index (χ2v) is 4.34. The number of carbonyl (C=O) groups is 1. The van der Waals surface area contributed by atoms with Crippen LogP contribution in [0.25, 0.3) is 0 Å². The Morgan fingerprint density at radius 2 is 2.12 bits per heavy atom. The zero-order valence-corrected chi connectivity index (χ0v) is 9.79. The first kappa shape index (κ1) is 12.0. The molecule has 1 saturated heterocycles. The van der Waals surface area contributed by atoms with Crippen molar-refractivity contribution in [1.82, 2.24) is 0 Å². The van der Waals surface area contributed by atoms with E-state index in [0.29, 0.717) is 24.2 Å². The maximum Gasteiger partial charge on any atom is 0.226 e. The third-order valence-electron chi connectivity index (χ3n) is 3.14. The van der Waals surface area contributed by atoms with Crippen LogP contribution in [0.2, 0.25) is 0 Å². The van der Waals surface area contributed by atoms with Gasteiger partial charge in [0.25, 0.3) is 0 Å². The second kappa shape index (κ2) is 5.27. The van der Waals surface area contributed by atoms with Crippen LogP contribution in [0, 0.1) is 5.82 Å². The molecule has 4 heteroatoms. The highest BCUT2D eigenvalue weighted by Crippen LogP contribution is 2.22. The van der Waals surface area contributed by atoms with Crippen molar-refractivity contribution in [3.05, 3.63) is 29.6 Å². The first-order valence-electron chi connectivity index (χ1n) is 6.01. The minimum atomic E-state index is -0.331. The molecule has 0 bridgehead atoms. The van der Waals surface area contributed by atoms with Gasteiger partial charge < -0.3 is 10.6 Å². The largest absolute Gasteiger partial charge is 0.326 e. The third kappa shape index (κ3) is 2.64. The third-order valence-corrected chi connectivity index (χ3v) is 3.14. The van der Waals surface area contributed by atoms with Crippen molar-refractivity contribution < 1.29 is 9.18 Å². The van der Waals surface area contributed by atoms with E-state index in [1.165, 1.54) is 6.07 Å². The van der Waals surface area contributed by atoms with Crippen LogP contribution < -0.4 is 10.6 Å². The van der Waals surface area contributed by atoms with E-state index in [-0.39, 0.29) is 18.3 Å². The maximum atomic E-state index is 13.6. The molecule has 1 aliphatic rings. The Morgan fingerprint density at radius 3 is 2.82 bits per heavy atom. The zero-order valence-electron chi connectivity index (χ0n) is 9.79. The summed E-state index contributed by atoms with van der Waals surface area (Å²) < 4.78 is 13.6. The van der Waals surface area contributed by atoms with Gasteiger partial charge in [0.15, 0.2) is 0 Å². The molecule has 1 amide bonds. The molecule has 0 aromatic heterocycles. The summed E-state index contributed by atoms with van der Waals surface area (Å²) in [5.74, 6) is -0.246. The second-order valence-electron chi connectivity index (χ2n) is 4.34. The Balaban J connectivity index is 2.26. The molecule has 0 saturated carbocycles. The van der Waals surface area contributed by atoms with Gasteiger partial charge in [0.1, 0.15) is 5.82 Å². The van der Waals surface area contributed by atoms with Gasteiger partial charge in [0.2, 0.25) is 5.91 Å². The molecule has 17 heavy (non-hydrogen) atoms. The molecule has 1 aliphatic heterocycles. The summed E-state index contributed by atoms with van der Waals surface area (Å²) in [6, 6.07) is 4.84. The molecule has 2 N–H and O–H groups in total. The monoisotopic (exact) mass is 236 g/mol. The van der Waals surface area contributed by atoms with Gasteiger partial charge >= 0.3 is 0 Å². The highest BCUT2D eigenvalue weighted by atomic mass is 19.1. The summed E-state index contributed by atoms with van der Waals surface area (Å²) in [5.41, 5.74) is 6.54. The Hall–Kier alpha value is -1.42. The van der Waals surface area contributed by atoms with Gasteiger partial charge in [-0.3, -0.25) is 4.79 Å². The molecule has 1 fully saturated rings. The van der Waals surface area contributed by atoms with E-state index in [0.717, 1.165) is 19.3 Å². The minimum absolute atomic E-state index is 0.0856. The SMILES string of the molecule is NCc1ccc(N2CCCCCC2=O)cc1F. The molecule has 92 valence electrons. The van der Waals surface area contributed by atoms with E-state index in [2.05, 4.69) is 0 Å². The van der Waals surface area contributed by atoms with E-state index in [9.17, 15) is 9.18 Å². The van der Waals surface area contributed by atoms with Crippen molar-refractivity contribution in [2.45, 2.75) is 32.2 Å². The molecule has 0 radical (unpaired) electrons. The Bertz CT molecular complexity index is 420. The van der Waals surface area contributed by atoms with Crippen LogP contribution in [-0.4, -0.2) is 12.5 Å². The highest BCUT2D eigenvalue weighted by Gasteiger charge is 2.18.